The number of amides is 2. The minimum absolute atomic E-state index is 0.0327. The molecule has 7 nitrogen and oxygen atoms in total. The van der Waals surface area contributed by atoms with Crippen molar-refractivity contribution in [3.05, 3.63) is 59.7 Å². The van der Waals surface area contributed by atoms with Crippen molar-refractivity contribution in [2.75, 3.05) is 13.7 Å². The third-order valence-electron chi connectivity index (χ3n) is 6.84. The van der Waals surface area contributed by atoms with Crippen LogP contribution in [0.3, 0.4) is 0 Å². The van der Waals surface area contributed by atoms with Crippen LogP contribution in [0.2, 0.25) is 0 Å². The molecule has 1 saturated carbocycles. The van der Waals surface area contributed by atoms with Gasteiger partial charge in [0.15, 0.2) is 0 Å². The maximum atomic E-state index is 12.7. The van der Waals surface area contributed by atoms with Gasteiger partial charge in [-0.25, -0.2) is 9.59 Å². The summed E-state index contributed by atoms with van der Waals surface area (Å²) in [6.07, 6.45) is 1.74. The summed E-state index contributed by atoms with van der Waals surface area (Å²) >= 11 is 0. The van der Waals surface area contributed by atoms with Crippen LogP contribution in [0.4, 0.5) is 4.79 Å². The van der Waals surface area contributed by atoms with Crippen LogP contribution in [0.1, 0.15) is 49.7 Å². The predicted molar refractivity (Wildman–Crippen MR) is 119 cm³/mol. The molecular formula is C25H28N2O5. The first kappa shape index (κ1) is 21.9. The van der Waals surface area contributed by atoms with Crippen LogP contribution in [0.25, 0.3) is 11.1 Å². The second kappa shape index (κ2) is 8.65. The zero-order chi connectivity index (χ0) is 22.9. The van der Waals surface area contributed by atoms with Gasteiger partial charge in [-0.2, -0.15) is 0 Å². The molecule has 2 aromatic rings. The largest absolute Gasteiger partial charge is 0.480 e. The topological polar surface area (TPSA) is 95.9 Å². The average Bonchev–Trinajstić information content (AvgIpc) is 3.08. The standard InChI is InChI=1S/C25H28N2O5/c1-16(23(29)30)27(2)22(28)14-25(12-7-13-25)26-24(31)32-15-21-19-10-5-3-8-17(19)18-9-4-6-11-20(18)21/h3-6,8-11,16,21H,7,12-15H2,1-2H3,(H,26,31)(H,29,30). The van der Waals surface area contributed by atoms with E-state index in [1.54, 1.807) is 0 Å². The highest BCUT2D eigenvalue weighted by molar-refractivity contribution is 5.84. The summed E-state index contributed by atoms with van der Waals surface area (Å²) < 4.78 is 5.63. The van der Waals surface area contributed by atoms with Gasteiger partial charge in [-0.05, 0) is 48.4 Å². The molecule has 32 heavy (non-hydrogen) atoms. The van der Waals surface area contributed by atoms with Crippen molar-refractivity contribution in [3.63, 3.8) is 0 Å². The maximum absolute atomic E-state index is 12.7. The molecule has 2 N–H and O–H groups in total. The van der Waals surface area contributed by atoms with Crippen LogP contribution in [0.5, 0.6) is 0 Å². The molecule has 168 valence electrons. The summed E-state index contributed by atoms with van der Waals surface area (Å²) in [7, 11) is 1.47. The molecule has 2 aromatic carbocycles. The number of alkyl carbamates (subject to hydrolysis) is 1. The summed E-state index contributed by atoms with van der Waals surface area (Å²) in [5, 5.41) is 12.0. The quantitative estimate of drug-likeness (QED) is 0.689. The molecule has 0 spiro atoms. The number of rotatable bonds is 7. The van der Waals surface area contributed by atoms with E-state index in [9.17, 15) is 14.4 Å². The van der Waals surface area contributed by atoms with E-state index < -0.39 is 23.6 Å². The van der Waals surface area contributed by atoms with Gasteiger partial charge >= 0.3 is 12.1 Å². The van der Waals surface area contributed by atoms with Crippen LogP contribution in [0, 0.1) is 0 Å². The number of fused-ring (bicyclic) bond motifs is 3. The van der Waals surface area contributed by atoms with Gasteiger partial charge in [-0.1, -0.05) is 48.5 Å². The number of aliphatic carboxylic acids is 1. The molecule has 0 heterocycles. The van der Waals surface area contributed by atoms with Crippen LogP contribution >= 0.6 is 0 Å². The number of carboxylic acid groups (broad SMARTS) is 1. The van der Waals surface area contributed by atoms with Crippen LogP contribution in [-0.4, -0.2) is 53.2 Å². The highest BCUT2D eigenvalue weighted by Crippen LogP contribution is 2.44. The zero-order valence-corrected chi connectivity index (χ0v) is 18.3. The summed E-state index contributed by atoms with van der Waals surface area (Å²) in [5.41, 5.74) is 3.92. The fraction of sp³-hybridized carbons (Fsp3) is 0.400. The predicted octanol–water partition coefficient (Wildman–Crippen LogP) is 3.77. The summed E-state index contributed by atoms with van der Waals surface area (Å²) in [6, 6.07) is 15.3. The Morgan fingerprint density at radius 1 is 1.09 bits per heavy atom. The van der Waals surface area contributed by atoms with Gasteiger partial charge in [-0.15, -0.1) is 0 Å². The molecule has 0 aliphatic heterocycles. The van der Waals surface area contributed by atoms with Crippen LogP contribution in [0.15, 0.2) is 48.5 Å². The molecule has 2 amide bonds. The SMILES string of the molecule is CC(C(=O)O)N(C)C(=O)CC1(NC(=O)OCC2c3ccccc3-c3ccccc32)CCC1. The molecule has 2 aliphatic rings. The smallest absolute Gasteiger partial charge is 0.407 e. The lowest BCUT2D eigenvalue weighted by Crippen LogP contribution is -2.56. The molecule has 4 rings (SSSR count). The van der Waals surface area contributed by atoms with Crippen molar-refractivity contribution in [1.29, 1.82) is 0 Å². The molecule has 1 fully saturated rings. The van der Waals surface area contributed by atoms with Crippen molar-refractivity contribution in [2.45, 2.75) is 50.1 Å². The minimum Gasteiger partial charge on any atom is -0.480 e. The third kappa shape index (κ3) is 4.07. The molecule has 0 bridgehead atoms. The summed E-state index contributed by atoms with van der Waals surface area (Å²) in [5.74, 6) is -1.40. The van der Waals surface area contributed by atoms with E-state index in [0.717, 1.165) is 28.7 Å². The highest BCUT2D eigenvalue weighted by atomic mass is 16.5. The third-order valence-corrected chi connectivity index (χ3v) is 6.84. The molecule has 0 radical (unpaired) electrons. The van der Waals surface area contributed by atoms with Crippen LogP contribution < -0.4 is 5.32 Å². The van der Waals surface area contributed by atoms with Crippen molar-refractivity contribution < 1.29 is 24.2 Å². The Hall–Kier alpha value is -3.35. The summed E-state index contributed by atoms with van der Waals surface area (Å²) in [4.78, 5) is 37.6. The molecule has 0 saturated heterocycles. The Morgan fingerprint density at radius 2 is 1.66 bits per heavy atom. The van der Waals surface area contributed by atoms with E-state index in [0.29, 0.717) is 12.8 Å². The molecule has 0 aromatic heterocycles. The fourth-order valence-corrected chi connectivity index (χ4v) is 4.60. The molecule has 7 heteroatoms. The van der Waals surface area contributed by atoms with E-state index in [1.165, 1.54) is 18.9 Å². The van der Waals surface area contributed by atoms with Gasteiger partial charge in [0, 0.05) is 13.0 Å². The van der Waals surface area contributed by atoms with Gasteiger partial charge in [0.1, 0.15) is 12.6 Å². The number of nitrogens with one attached hydrogen (secondary N) is 1. The number of hydrogen-bond acceptors (Lipinski definition) is 4. The zero-order valence-electron chi connectivity index (χ0n) is 18.3. The minimum atomic E-state index is -1.06. The van der Waals surface area contributed by atoms with E-state index in [1.807, 2.05) is 24.3 Å². The number of carbonyl (C=O) groups is 3. The summed E-state index contributed by atoms with van der Waals surface area (Å²) in [6.45, 7) is 1.67. The van der Waals surface area contributed by atoms with E-state index in [-0.39, 0.29) is 24.9 Å². The van der Waals surface area contributed by atoms with Crippen molar-refractivity contribution >= 4 is 18.0 Å². The Morgan fingerprint density at radius 3 is 2.16 bits per heavy atom. The molecular weight excluding hydrogens is 408 g/mol. The second-order valence-electron chi connectivity index (χ2n) is 8.78. The molecule has 1 unspecified atom stereocenters. The van der Waals surface area contributed by atoms with Gasteiger partial charge < -0.3 is 20.1 Å². The Bertz CT molecular complexity index is 1000. The van der Waals surface area contributed by atoms with Gasteiger partial charge in [0.05, 0.1) is 12.0 Å². The Kier molecular flexibility index (Phi) is 5.91. The number of hydrogen-bond donors (Lipinski definition) is 2. The lowest BCUT2D eigenvalue weighted by atomic mass is 9.74. The van der Waals surface area contributed by atoms with E-state index >= 15 is 0 Å². The number of nitrogens with zero attached hydrogens (tertiary/aromatic N) is 1. The monoisotopic (exact) mass is 436 g/mol. The second-order valence-corrected chi connectivity index (χ2v) is 8.78. The normalized spacial score (nSPS) is 16.8. The number of likely N-dealkylation sites (N-methyl/N-ethyl adjacent to an activating group) is 1. The highest BCUT2D eigenvalue weighted by Gasteiger charge is 2.42. The first-order valence-electron chi connectivity index (χ1n) is 10.9. The number of carbonyl (C=O) groups excluding carboxylic acids is 2. The number of carboxylic acids is 1. The Balaban J connectivity index is 1.39. The Labute approximate surface area is 187 Å². The van der Waals surface area contributed by atoms with Crippen molar-refractivity contribution in [1.82, 2.24) is 10.2 Å². The average molecular weight is 437 g/mol. The lowest BCUT2D eigenvalue weighted by molar-refractivity contribution is -0.149. The van der Waals surface area contributed by atoms with Crippen molar-refractivity contribution in [2.24, 2.45) is 0 Å². The van der Waals surface area contributed by atoms with Gasteiger partial charge in [-0.3, -0.25) is 4.79 Å². The van der Waals surface area contributed by atoms with Gasteiger partial charge in [0.25, 0.3) is 0 Å². The van der Waals surface area contributed by atoms with E-state index in [2.05, 4.69) is 29.6 Å². The van der Waals surface area contributed by atoms with Gasteiger partial charge in [0.2, 0.25) is 5.91 Å². The lowest BCUT2D eigenvalue weighted by Gasteiger charge is -2.42. The molecule has 2 aliphatic carbocycles. The molecule has 1 atom stereocenters. The first-order valence-corrected chi connectivity index (χ1v) is 10.9. The first-order chi connectivity index (χ1) is 15.3. The number of ether oxygens (including phenoxy) is 1. The fourth-order valence-electron chi connectivity index (χ4n) is 4.60. The van der Waals surface area contributed by atoms with E-state index in [4.69, 9.17) is 9.84 Å². The number of benzene rings is 2. The van der Waals surface area contributed by atoms with Crippen LogP contribution in [-0.2, 0) is 14.3 Å². The maximum Gasteiger partial charge on any atom is 0.407 e. The van der Waals surface area contributed by atoms with Crippen molar-refractivity contribution in [3.8, 4) is 11.1 Å².